The second-order valence-electron chi connectivity index (χ2n) is 9.33. The second kappa shape index (κ2) is 11.1. The lowest BCUT2D eigenvalue weighted by Crippen LogP contribution is -2.61. The number of hydrogen-bond acceptors (Lipinski definition) is 4. The lowest BCUT2D eigenvalue weighted by molar-refractivity contribution is -0.133. The van der Waals surface area contributed by atoms with Gasteiger partial charge in [0.25, 0.3) is 0 Å². The Morgan fingerprint density at radius 1 is 1.19 bits per heavy atom. The van der Waals surface area contributed by atoms with Gasteiger partial charge in [-0.25, -0.2) is 0 Å². The average Bonchev–Trinajstić information content (AvgIpc) is 3.17. The standard InChI is InChI=1S/C28H31BrN4O3/c1-4-28(36)33-15-21(16-33)30-27(35)18-32-17-24(23-14-20(29)10-11-25(23)32)26(34)9-6-12-31(3)22-8-5-7-19(2)13-22/h4-5,7-8,10-11,13-14,17,21H,1,6,9,12,15-16,18H2,2-3H3,(H,30,35). The van der Waals surface area contributed by atoms with Crippen molar-refractivity contribution < 1.29 is 14.4 Å². The van der Waals surface area contributed by atoms with Gasteiger partial charge in [0.05, 0.1) is 6.04 Å². The molecule has 2 aromatic carbocycles. The van der Waals surface area contributed by atoms with Crippen LogP contribution in [-0.2, 0) is 16.1 Å². The molecule has 1 aromatic heterocycles. The van der Waals surface area contributed by atoms with Gasteiger partial charge in [0.1, 0.15) is 6.54 Å². The first-order chi connectivity index (χ1) is 17.2. The van der Waals surface area contributed by atoms with Gasteiger partial charge in [-0.2, -0.15) is 0 Å². The number of aromatic nitrogens is 1. The summed E-state index contributed by atoms with van der Waals surface area (Å²) >= 11 is 3.51. The number of carbonyl (C=O) groups is 3. The van der Waals surface area contributed by atoms with Crippen LogP contribution in [0.5, 0.6) is 0 Å². The quantitative estimate of drug-likeness (QED) is 0.301. The van der Waals surface area contributed by atoms with Gasteiger partial charge in [0.2, 0.25) is 11.8 Å². The molecular weight excluding hydrogens is 520 g/mol. The summed E-state index contributed by atoms with van der Waals surface area (Å²) in [5.41, 5.74) is 3.81. The normalized spacial score (nSPS) is 13.4. The molecular formula is C28H31BrN4O3. The summed E-state index contributed by atoms with van der Waals surface area (Å²) in [6.45, 7) is 7.40. The highest BCUT2D eigenvalue weighted by molar-refractivity contribution is 9.10. The minimum Gasteiger partial charge on any atom is -0.375 e. The highest BCUT2D eigenvalue weighted by atomic mass is 79.9. The summed E-state index contributed by atoms with van der Waals surface area (Å²) in [5, 5.41) is 3.80. The lowest BCUT2D eigenvalue weighted by atomic mass is 10.1. The van der Waals surface area contributed by atoms with E-state index in [1.165, 1.54) is 11.6 Å². The van der Waals surface area contributed by atoms with Gasteiger partial charge in [-0.1, -0.05) is 34.6 Å². The minimum atomic E-state index is -0.149. The maximum absolute atomic E-state index is 13.2. The first-order valence-electron chi connectivity index (χ1n) is 12.0. The third-order valence-electron chi connectivity index (χ3n) is 6.53. The molecule has 0 radical (unpaired) electrons. The molecule has 1 fully saturated rings. The summed E-state index contributed by atoms with van der Waals surface area (Å²) in [5.74, 6) is -0.215. The zero-order valence-electron chi connectivity index (χ0n) is 20.7. The SMILES string of the molecule is C=CC(=O)N1CC(NC(=O)Cn2cc(C(=O)CCCN(C)c3cccc(C)c3)c3cc(Br)ccc32)C1. The molecule has 0 spiro atoms. The van der Waals surface area contributed by atoms with Crippen molar-refractivity contribution in [3.63, 3.8) is 0 Å². The van der Waals surface area contributed by atoms with Gasteiger partial charge >= 0.3 is 0 Å². The Balaban J connectivity index is 1.40. The topological polar surface area (TPSA) is 74.6 Å². The van der Waals surface area contributed by atoms with Crippen molar-refractivity contribution in [1.29, 1.82) is 0 Å². The van der Waals surface area contributed by atoms with Gasteiger partial charge in [-0.15, -0.1) is 0 Å². The summed E-state index contributed by atoms with van der Waals surface area (Å²) in [7, 11) is 2.04. The largest absolute Gasteiger partial charge is 0.375 e. The van der Waals surface area contributed by atoms with E-state index in [1.807, 2.05) is 35.9 Å². The number of rotatable bonds is 10. The number of ketones is 1. The fourth-order valence-electron chi connectivity index (χ4n) is 4.54. The van der Waals surface area contributed by atoms with Crippen LogP contribution in [0.3, 0.4) is 0 Å². The molecule has 1 aliphatic rings. The van der Waals surface area contributed by atoms with Crippen molar-refractivity contribution in [2.45, 2.75) is 32.4 Å². The monoisotopic (exact) mass is 550 g/mol. The van der Waals surface area contributed by atoms with Gasteiger partial charge in [-0.05, 0) is 55.3 Å². The van der Waals surface area contributed by atoms with E-state index in [4.69, 9.17) is 0 Å². The summed E-state index contributed by atoms with van der Waals surface area (Å²) in [4.78, 5) is 41.3. The van der Waals surface area contributed by atoms with Crippen LogP contribution >= 0.6 is 15.9 Å². The molecule has 0 saturated carbocycles. The van der Waals surface area contributed by atoms with E-state index in [1.54, 1.807) is 11.1 Å². The first kappa shape index (κ1) is 25.7. The second-order valence-corrected chi connectivity index (χ2v) is 10.2. The summed E-state index contributed by atoms with van der Waals surface area (Å²) in [6.07, 6.45) is 4.22. The Kier molecular flexibility index (Phi) is 7.94. The number of fused-ring (bicyclic) bond motifs is 1. The molecule has 188 valence electrons. The number of halogens is 1. The number of nitrogens with zero attached hydrogens (tertiary/aromatic N) is 3. The zero-order valence-corrected chi connectivity index (χ0v) is 22.3. The van der Waals surface area contributed by atoms with E-state index >= 15 is 0 Å². The molecule has 1 saturated heterocycles. The molecule has 0 atom stereocenters. The maximum Gasteiger partial charge on any atom is 0.246 e. The third-order valence-corrected chi connectivity index (χ3v) is 7.02. The summed E-state index contributed by atoms with van der Waals surface area (Å²) in [6, 6.07) is 14.0. The number of benzene rings is 2. The van der Waals surface area contributed by atoms with Crippen LogP contribution in [0.25, 0.3) is 10.9 Å². The summed E-state index contributed by atoms with van der Waals surface area (Å²) < 4.78 is 2.71. The molecule has 3 aromatic rings. The Morgan fingerprint density at radius 2 is 1.97 bits per heavy atom. The molecule has 2 heterocycles. The van der Waals surface area contributed by atoms with Crippen molar-refractivity contribution in [2.75, 3.05) is 31.6 Å². The molecule has 4 rings (SSSR count). The smallest absolute Gasteiger partial charge is 0.246 e. The van der Waals surface area contributed by atoms with Crippen LogP contribution < -0.4 is 10.2 Å². The molecule has 0 unspecified atom stereocenters. The number of hydrogen-bond donors (Lipinski definition) is 1. The number of aryl methyl sites for hydroxylation is 1. The number of likely N-dealkylation sites (tertiary alicyclic amines) is 1. The molecule has 0 aliphatic carbocycles. The Morgan fingerprint density at radius 3 is 2.69 bits per heavy atom. The van der Waals surface area contributed by atoms with Gasteiger partial charge in [0.15, 0.2) is 5.78 Å². The molecule has 1 N–H and O–H groups in total. The first-order valence-corrected chi connectivity index (χ1v) is 12.8. The van der Waals surface area contributed by atoms with Gasteiger partial charge in [0, 0.05) is 65.9 Å². The molecule has 36 heavy (non-hydrogen) atoms. The molecule has 0 bridgehead atoms. The number of nitrogens with one attached hydrogen (secondary N) is 1. The van der Waals surface area contributed by atoms with Gasteiger partial charge in [-0.3, -0.25) is 14.4 Å². The van der Waals surface area contributed by atoms with E-state index in [0.29, 0.717) is 25.1 Å². The van der Waals surface area contributed by atoms with Crippen molar-refractivity contribution in [2.24, 2.45) is 0 Å². The van der Waals surface area contributed by atoms with Crippen LogP contribution in [0.4, 0.5) is 5.69 Å². The fraction of sp³-hybridized carbons (Fsp3) is 0.321. The highest BCUT2D eigenvalue weighted by Gasteiger charge is 2.30. The Bertz CT molecular complexity index is 1310. The number of anilines is 1. The fourth-order valence-corrected chi connectivity index (χ4v) is 4.90. The Hall–Kier alpha value is -3.39. The van der Waals surface area contributed by atoms with E-state index < -0.39 is 0 Å². The van der Waals surface area contributed by atoms with Crippen LogP contribution in [-0.4, -0.2) is 59.8 Å². The van der Waals surface area contributed by atoms with E-state index in [-0.39, 0.29) is 30.2 Å². The highest BCUT2D eigenvalue weighted by Crippen LogP contribution is 2.27. The predicted octanol–water partition coefficient (Wildman–Crippen LogP) is 4.32. The van der Waals surface area contributed by atoms with Crippen molar-refractivity contribution in [3.05, 3.63) is 76.9 Å². The average molecular weight is 551 g/mol. The van der Waals surface area contributed by atoms with Crippen molar-refractivity contribution in [1.82, 2.24) is 14.8 Å². The van der Waals surface area contributed by atoms with E-state index in [0.717, 1.165) is 34.0 Å². The molecule has 8 heteroatoms. The number of amides is 2. The molecule has 2 amide bonds. The minimum absolute atomic E-state index is 0.0625. The maximum atomic E-state index is 13.2. The van der Waals surface area contributed by atoms with Crippen molar-refractivity contribution >= 4 is 50.1 Å². The number of Topliss-reactive ketones (excluding diaryl/α,β-unsaturated/α-hetero) is 1. The lowest BCUT2D eigenvalue weighted by Gasteiger charge is -2.38. The van der Waals surface area contributed by atoms with Crippen LogP contribution in [0.15, 0.2) is 65.8 Å². The van der Waals surface area contributed by atoms with Gasteiger partial charge < -0.3 is 19.7 Å². The van der Waals surface area contributed by atoms with Crippen LogP contribution in [0, 0.1) is 6.92 Å². The van der Waals surface area contributed by atoms with Crippen LogP contribution in [0.1, 0.15) is 28.8 Å². The van der Waals surface area contributed by atoms with Crippen LogP contribution in [0.2, 0.25) is 0 Å². The Labute approximate surface area is 219 Å². The molecule has 7 nitrogen and oxygen atoms in total. The van der Waals surface area contributed by atoms with E-state index in [2.05, 4.69) is 57.8 Å². The zero-order chi connectivity index (χ0) is 25.8. The van der Waals surface area contributed by atoms with E-state index in [9.17, 15) is 14.4 Å². The molecule has 1 aliphatic heterocycles. The number of carbonyl (C=O) groups excluding carboxylic acids is 3. The predicted molar refractivity (Wildman–Crippen MR) is 146 cm³/mol. The van der Waals surface area contributed by atoms with Crippen molar-refractivity contribution in [3.8, 4) is 0 Å². The third kappa shape index (κ3) is 5.87.